The summed E-state index contributed by atoms with van der Waals surface area (Å²) in [5.41, 5.74) is 0.169. The fraction of sp³-hybridized carbons (Fsp3) is 0.500. The van der Waals surface area contributed by atoms with Crippen molar-refractivity contribution in [3.63, 3.8) is 0 Å². The number of carbonyl (C=O) groups is 4. The summed E-state index contributed by atoms with van der Waals surface area (Å²) < 4.78 is 23.1. The van der Waals surface area contributed by atoms with E-state index in [2.05, 4.69) is 5.32 Å². The number of carbonyl (C=O) groups excluding carboxylic acids is 1. The maximum atomic E-state index is 12.1. The van der Waals surface area contributed by atoms with Crippen molar-refractivity contribution in [2.75, 3.05) is 6.61 Å². The van der Waals surface area contributed by atoms with E-state index in [1.807, 2.05) is 0 Å². The molecule has 0 radical (unpaired) electrons. The summed E-state index contributed by atoms with van der Waals surface area (Å²) in [5, 5.41) is 115. The number of hydrogen-bond acceptors (Lipinski definition) is 17. The molecule has 2 saturated heterocycles. The lowest BCUT2D eigenvalue weighted by Crippen LogP contribution is -2.65. The number of nitrogens with one attached hydrogen (secondary N) is 1. The minimum absolute atomic E-state index is 0.115. The number of fused-ring (bicyclic) bond motifs is 1. The molecule has 4 aliphatic heterocycles. The highest BCUT2D eigenvalue weighted by atomic mass is 16.8. The highest BCUT2D eigenvalue weighted by molar-refractivity contribution is 5.89. The third kappa shape index (κ3) is 7.51. The van der Waals surface area contributed by atoms with Crippen LogP contribution in [0.2, 0.25) is 0 Å². The number of carboxylic acid groups (broad SMARTS) is 4. The predicted octanol–water partition coefficient (Wildman–Crippen LogP) is -5.78. The molecular formula is C30H34N2O19. The second kappa shape index (κ2) is 14.9. The standard InChI is InChI=1S/C30H34N2O19/c33-8-17-18(35)20(37)24(51-29-22(39)19(36)21(38)23(50-29)28(46)47)30(49-17)48-16-6-10-5-14(27(44)45)32(13(10)7-15(16)34)2-1-9-3-11(25(40)41)31-12(4-9)26(42)43/h1-3,6-7,12,14,17-24,29-30,33,35-39H,4-5,8H2,(H5,34,40,41,42,43,44,45,46,47). The van der Waals surface area contributed by atoms with Crippen molar-refractivity contribution >= 4 is 35.8 Å². The van der Waals surface area contributed by atoms with E-state index in [1.165, 1.54) is 29.0 Å². The van der Waals surface area contributed by atoms with Gasteiger partial charge in [0.2, 0.25) is 18.0 Å². The van der Waals surface area contributed by atoms with Gasteiger partial charge in [-0.2, -0.15) is 4.58 Å². The minimum atomic E-state index is -2.10. The Balaban J connectivity index is 1.46. The summed E-state index contributed by atoms with van der Waals surface area (Å²) in [5.74, 6) is -7.10. The van der Waals surface area contributed by atoms with Crippen LogP contribution in [0.5, 0.6) is 11.5 Å². The number of hydrogen-bond donors (Lipinski definition) is 11. The molecule has 0 saturated carbocycles. The molecule has 0 aliphatic carbocycles. The monoisotopic (exact) mass is 726 g/mol. The van der Waals surface area contributed by atoms with Gasteiger partial charge in [0.25, 0.3) is 0 Å². The van der Waals surface area contributed by atoms with Gasteiger partial charge in [0.1, 0.15) is 54.3 Å². The van der Waals surface area contributed by atoms with Gasteiger partial charge in [-0.25, -0.2) is 14.4 Å². The van der Waals surface area contributed by atoms with Crippen LogP contribution in [0.3, 0.4) is 0 Å². The molecule has 4 aliphatic rings. The minimum Gasteiger partial charge on any atom is -0.543 e. The SMILES string of the molecule is O=C(O)C1=CC(=CC=[N+]2c3cc(O)c(OC4OC(CO)C(O)C(O)C4OC4OC(C(=O)O)C(O)C(O)C4O)cc3CC2C(=O)[O-])CC(C(=O)O)N1. The molecule has 4 heterocycles. The number of phenols is 1. The van der Waals surface area contributed by atoms with Crippen LogP contribution in [0.15, 0.2) is 35.6 Å². The summed E-state index contributed by atoms with van der Waals surface area (Å²) in [4.78, 5) is 46.7. The molecule has 51 heavy (non-hydrogen) atoms. The lowest BCUT2D eigenvalue weighted by atomic mass is 9.97. The zero-order valence-electron chi connectivity index (χ0n) is 26.0. The average Bonchev–Trinajstić information content (AvgIpc) is 3.43. The van der Waals surface area contributed by atoms with E-state index in [0.29, 0.717) is 0 Å². The van der Waals surface area contributed by atoms with Gasteiger partial charge in [-0.3, -0.25) is 0 Å². The van der Waals surface area contributed by atoms with Crippen LogP contribution >= 0.6 is 0 Å². The van der Waals surface area contributed by atoms with Crippen LogP contribution in [-0.2, 0) is 39.8 Å². The largest absolute Gasteiger partial charge is 0.543 e. The van der Waals surface area contributed by atoms with E-state index < -0.39 is 121 Å². The first kappa shape index (κ1) is 37.5. The predicted molar refractivity (Wildman–Crippen MR) is 157 cm³/mol. The molecule has 2 fully saturated rings. The highest BCUT2D eigenvalue weighted by Gasteiger charge is 2.53. The number of allylic oxidation sites excluding steroid dienone is 2. The maximum Gasteiger partial charge on any atom is 0.351 e. The Bertz CT molecular complexity index is 1660. The number of rotatable bonds is 10. The second-order valence-electron chi connectivity index (χ2n) is 12.0. The van der Waals surface area contributed by atoms with E-state index in [-0.39, 0.29) is 29.7 Å². The molecule has 21 nitrogen and oxygen atoms in total. The molecule has 12 unspecified atom stereocenters. The number of benzene rings is 1. The molecule has 0 bridgehead atoms. The molecule has 0 aromatic heterocycles. The van der Waals surface area contributed by atoms with Crippen LogP contribution in [0.4, 0.5) is 5.69 Å². The number of ether oxygens (including phenoxy) is 4. The fourth-order valence-corrected chi connectivity index (χ4v) is 6.02. The van der Waals surface area contributed by atoms with E-state index in [4.69, 9.17) is 18.9 Å². The molecule has 1 aromatic rings. The van der Waals surface area contributed by atoms with Crippen LogP contribution < -0.4 is 15.2 Å². The number of carboxylic acids is 4. The maximum absolute atomic E-state index is 12.1. The Morgan fingerprint density at radius 2 is 1.63 bits per heavy atom. The summed E-state index contributed by atoms with van der Waals surface area (Å²) in [6.07, 6.45) is -16.2. The Morgan fingerprint density at radius 3 is 2.24 bits per heavy atom. The van der Waals surface area contributed by atoms with Gasteiger partial charge in [-0.05, 0) is 17.7 Å². The Hall–Kier alpha value is -4.71. The van der Waals surface area contributed by atoms with Crippen molar-refractivity contribution in [1.29, 1.82) is 0 Å². The zero-order valence-corrected chi connectivity index (χ0v) is 26.0. The van der Waals surface area contributed by atoms with Gasteiger partial charge in [-0.15, -0.1) is 0 Å². The summed E-state index contributed by atoms with van der Waals surface area (Å²) in [6.45, 7) is -0.866. The quantitative estimate of drug-likeness (QED) is 0.100. The summed E-state index contributed by atoms with van der Waals surface area (Å²) in [6, 6.07) is -0.387. The molecule has 1 aromatic carbocycles. The first-order valence-corrected chi connectivity index (χ1v) is 15.2. The smallest absolute Gasteiger partial charge is 0.351 e. The van der Waals surface area contributed by atoms with E-state index >= 15 is 0 Å². The van der Waals surface area contributed by atoms with E-state index in [1.54, 1.807) is 0 Å². The van der Waals surface area contributed by atoms with Crippen LogP contribution in [0.1, 0.15) is 12.0 Å². The van der Waals surface area contributed by atoms with Gasteiger partial charge in [0, 0.05) is 24.5 Å². The van der Waals surface area contributed by atoms with Crippen molar-refractivity contribution < 1.29 is 98.9 Å². The number of aliphatic carboxylic acids is 4. The van der Waals surface area contributed by atoms with Crippen molar-refractivity contribution in [3.8, 4) is 11.5 Å². The molecule has 5 rings (SSSR count). The Morgan fingerprint density at radius 1 is 0.922 bits per heavy atom. The van der Waals surface area contributed by atoms with Gasteiger partial charge < -0.3 is 85.2 Å². The number of nitrogens with zero attached hydrogens (tertiary/aromatic N) is 1. The van der Waals surface area contributed by atoms with E-state index in [9.17, 15) is 75.3 Å². The van der Waals surface area contributed by atoms with Gasteiger partial charge >= 0.3 is 17.9 Å². The zero-order chi connectivity index (χ0) is 37.5. The van der Waals surface area contributed by atoms with Gasteiger partial charge in [0.15, 0.2) is 36.2 Å². The molecule has 21 heteroatoms. The Kier molecular flexibility index (Phi) is 10.9. The highest BCUT2D eigenvalue weighted by Crippen LogP contribution is 2.41. The average molecular weight is 727 g/mol. The number of aliphatic hydroxyl groups is 6. The lowest BCUT2D eigenvalue weighted by molar-refractivity contribution is -0.475. The third-order valence-corrected chi connectivity index (χ3v) is 8.71. The topological polar surface area (TPSA) is 346 Å². The summed E-state index contributed by atoms with van der Waals surface area (Å²) >= 11 is 0. The number of aliphatic hydroxyl groups excluding tert-OH is 6. The van der Waals surface area contributed by atoms with Crippen LogP contribution in [-0.4, -0.2) is 166 Å². The molecule has 0 spiro atoms. The van der Waals surface area contributed by atoms with Crippen molar-refractivity contribution in [3.05, 3.63) is 41.1 Å². The molecule has 278 valence electrons. The van der Waals surface area contributed by atoms with Gasteiger partial charge in [0.05, 0.1) is 12.7 Å². The van der Waals surface area contributed by atoms with Gasteiger partial charge in [-0.1, -0.05) is 0 Å². The fourth-order valence-electron chi connectivity index (χ4n) is 6.02. The first-order valence-electron chi connectivity index (χ1n) is 15.2. The van der Waals surface area contributed by atoms with Crippen LogP contribution in [0.25, 0.3) is 0 Å². The number of phenolic OH excluding ortho intramolecular Hbond substituents is 1. The normalized spacial score (nSPS) is 36.5. The molecule has 12 atom stereocenters. The Labute approximate surface area is 285 Å². The second-order valence-corrected chi connectivity index (χ2v) is 12.0. The van der Waals surface area contributed by atoms with Crippen molar-refractivity contribution in [1.82, 2.24) is 5.32 Å². The third-order valence-electron chi connectivity index (χ3n) is 8.71. The van der Waals surface area contributed by atoms with Crippen LogP contribution in [0, 0.1) is 0 Å². The van der Waals surface area contributed by atoms with E-state index in [0.717, 1.165) is 6.07 Å². The number of aromatic hydroxyl groups is 1. The van der Waals surface area contributed by atoms with Crippen molar-refractivity contribution in [2.24, 2.45) is 0 Å². The summed E-state index contributed by atoms with van der Waals surface area (Å²) in [7, 11) is 0. The first-order chi connectivity index (χ1) is 24.0. The molecular weight excluding hydrogens is 692 g/mol. The van der Waals surface area contributed by atoms with Crippen molar-refractivity contribution in [2.45, 2.75) is 86.3 Å². The molecule has 0 amide bonds. The molecule has 11 N–H and O–H groups in total. The lowest BCUT2D eigenvalue weighted by Gasteiger charge is -2.45.